The lowest BCUT2D eigenvalue weighted by atomic mass is 9.90. The van der Waals surface area contributed by atoms with Gasteiger partial charge in [-0.1, -0.05) is 55.5 Å². The Bertz CT molecular complexity index is 1020. The molecule has 0 aromatic heterocycles. The third kappa shape index (κ3) is 7.59. The van der Waals surface area contributed by atoms with Crippen molar-refractivity contribution in [2.75, 3.05) is 32.8 Å². The molecule has 4 rings (SSSR count). The average Bonchev–Trinajstić information content (AvgIpc) is 2.93. The predicted molar refractivity (Wildman–Crippen MR) is 135 cm³/mol. The quantitative estimate of drug-likeness (QED) is 0.445. The number of carboxylic acid groups (broad SMARTS) is 1. The number of benzene rings is 2. The van der Waals surface area contributed by atoms with Crippen LogP contribution in [-0.2, 0) is 37.0 Å². The second kappa shape index (κ2) is 13.1. The highest BCUT2D eigenvalue weighted by Gasteiger charge is 2.39. The van der Waals surface area contributed by atoms with Gasteiger partial charge in [0.25, 0.3) is 0 Å². The fraction of sp³-hybridized carbons (Fsp3) is 0.500. The van der Waals surface area contributed by atoms with Crippen molar-refractivity contribution < 1.29 is 34.0 Å². The molecule has 2 aromatic rings. The number of amides is 1. The lowest BCUT2D eigenvalue weighted by Crippen LogP contribution is -2.47. The Morgan fingerprint density at radius 1 is 0.946 bits per heavy atom. The van der Waals surface area contributed by atoms with Crippen molar-refractivity contribution in [2.45, 2.75) is 51.4 Å². The van der Waals surface area contributed by atoms with E-state index >= 15 is 0 Å². The monoisotopic (exact) mass is 512 g/mol. The summed E-state index contributed by atoms with van der Waals surface area (Å²) in [6.07, 6.45) is -1.00. The first-order valence-electron chi connectivity index (χ1n) is 12.8. The molecule has 4 atom stereocenters. The number of aliphatic hydroxyl groups excluding tert-OH is 1. The Morgan fingerprint density at radius 2 is 1.59 bits per heavy atom. The Labute approximate surface area is 217 Å². The summed E-state index contributed by atoms with van der Waals surface area (Å²) in [7, 11) is 0. The van der Waals surface area contributed by atoms with Gasteiger partial charge in [0.1, 0.15) is 0 Å². The van der Waals surface area contributed by atoms with E-state index in [1.54, 1.807) is 0 Å². The van der Waals surface area contributed by atoms with Crippen LogP contribution >= 0.6 is 0 Å². The molecule has 2 saturated heterocycles. The van der Waals surface area contributed by atoms with E-state index in [0.29, 0.717) is 6.54 Å². The van der Waals surface area contributed by atoms with Crippen LogP contribution in [0.4, 0.5) is 0 Å². The molecule has 9 heteroatoms. The number of morpholine rings is 1. The van der Waals surface area contributed by atoms with E-state index in [2.05, 4.69) is 17.1 Å². The molecule has 2 aliphatic rings. The number of carboxylic acids is 1. The van der Waals surface area contributed by atoms with E-state index in [-0.39, 0.29) is 43.5 Å². The second-order valence-electron chi connectivity index (χ2n) is 9.65. The first-order chi connectivity index (χ1) is 17.9. The standard InChI is InChI=1S/C28H36N2O7/c1-19-24(17-30-12-14-35-15-13-30)36-28(37-27(19)22-6-4-21(18-31)5-7-22)23-8-2-20(3-9-23)16-29-25(32)10-11-26(33)34/h2-9,19,24,27-28,31H,10-18H2,1H3,(H,29,32)(H,33,34). The molecule has 2 aromatic carbocycles. The van der Waals surface area contributed by atoms with Crippen LogP contribution in [0.2, 0.25) is 0 Å². The van der Waals surface area contributed by atoms with Crippen molar-refractivity contribution in [1.29, 1.82) is 0 Å². The van der Waals surface area contributed by atoms with Gasteiger partial charge >= 0.3 is 5.97 Å². The van der Waals surface area contributed by atoms with Crippen LogP contribution in [0.5, 0.6) is 0 Å². The highest BCUT2D eigenvalue weighted by atomic mass is 16.7. The van der Waals surface area contributed by atoms with Crippen LogP contribution in [0, 0.1) is 5.92 Å². The number of aliphatic hydroxyl groups is 1. The minimum Gasteiger partial charge on any atom is -0.481 e. The molecule has 1 amide bonds. The summed E-state index contributed by atoms with van der Waals surface area (Å²) < 4.78 is 18.5. The minimum absolute atomic E-state index is 0.000881. The summed E-state index contributed by atoms with van der Waals surface area (Å²) in [4.78, 5) is 24.8. The molecule has 3 N–H and O–H groups in total. The van der Waals surface area contributed by atoms with Gasteiger partial charge in [0.15, 0.2) is 6.29 Å². The number of nitrogens with one attached hydrogen (secondary N) is 1. The van der Waals surface area contributed by atoms with Crippen LogP contribution in [0.1, 0.15) is 54.4 Å². The van der Waals surface area contributed by atoms with Gasteiger partial charge < -0.3 is 29.7 Å². The molecule has 0 saturated carbocycles. The van der Waals surface area contributed by atoms with E-state index < -0.39 is 12.3 Å². The maximum Gasteiger partial charge on any atom is 0.303 e. The zero-order valence-electron chi connectivity index (χ0n) is 21.2. The Kier molecular flexibility index (Phi) is 9.65. The molecule has 2 heterocycles. The highest BCUT2D eigenvalue weighted by Crippen LogP contribution is 2.41. The SMILES string of the molecule is CC1C(CN2CCOCC2)OC(c2ccc(CNC(=O)CCC(=O)O)cc2)OC1c1ccc(CO)cc1. The zero-order valence-corrected chi connectivity index (χ0v) is 21.2. The summed E-state index contributed by atoms with van der Waals surface area (Å²) in [5, 5.41) is 20.9. The van der Waals surface area contributed by atoms with Gasteiger partial charge in [-0.2, -0.15) is 0 Å². The minimum atomic E-state index is -0.990. The summed E-state index contributed by atoms with van der Waals surface area (Å²) in [5.41, 5.74) is 3.69. The maximum absolute atomic E-state index is 11.8. The Hall–Kier alpha value is -2.82. The molecular formula is C28H36N2O7. The van der Waals surface area contributed by atoms with E-state index in [1.807, 2.05) is 48.5 Å². The molecule has 0 spiro atoms. The van der Waals surface area contributed by atoms with Gasteiger partial charge in [0, 0.05) is 44.1 Å². The first-order valence-corrected chi connectivity index (χ1v) is 12.8. The fourth-order valence-corrected chi connectivity index (χ4v) is 4.67. The highest BCUT2D eigenvalue weighted by molar-refractivity contribution is 5.80. The topological polar surface area (TPSA) is 118 Å². The molecule has 4 unspecified atom stereocenters. The van der Waals surface area contributed by atoms with Crippen LogP contribution in [0.15, 0.2) is 48.5 Å². The van der Waals surface area contributed by atoms with Gasteiger partial charge in [0.05, 0.1) is 38.4 Å². The van der Waals surface area contributed by atoms with Crippen molar-refractivity contribution in [3.63, 3.8) is 0 Å². The van der Waals surface area contributed by atoms with Crippen molar-refractivity contribution >= 4 is 11.9 Å². The number of carbonyl (C=O) groups is 2. The van der Waals surface area contributed by atoms with Crippen LogP contribution in [0.25, 0.3) is 0 Å². The Morgan fingerprint density at radius 3 is 2.24 bits per heavy atom. The van der Waals surface area contributed by atoms with E-state index in [0.717, 1.165) is 55.1 Å². The van der Waals surface area contributed by atoms with E-state index in [4.69, 9.17) is 19.3 Å². The van der Waals surface area contributed by atoms with Crippen molar-refractivity contribution in [3.05, 3.63) is 70.8 Å². The molecular weight excluding hydrogens is 476 g/mol. The molecule has 2 fully saturated rings. The molecule has 0 radical (unpaired) electrons. The molecule has 2 aliphatic heterocycles. The van der Waals surface area contributed by atoms with Gasteiger partial charge in [-0.3, -0.25) is 14.5 Å². The zero-order chi connectivity index (χ0) is 26.2. The first kappa shape index (κ1) is 27.2. The van der Waals surface area contributed by atoms with E-state index in [9.17, 15) is 14.7 Å². The van der Waals surface area contributed by atoms with Gasteiger partial charge in [-0.05, 0) is 16.7 Å². The lowest BCUT2D eigenvalue weighted by molar-refractivity contribution is -0.277. The number of rotatable bonds is 10. The second-order valence-corrected chi connectivity index (χ2v) is 9.65. The smallest absolute Gasteiger partial charge is 0.303 e. The number of nitrogens with zero attached hydrogens (tertiary/aromatic N) is 1. The average molecular weight is 513 g/mol. The van der Waals surface area contributed by atoms with Gasteiger partial charge in [-0.25, -0.2) is 0 Å². The number of aliphatic carboxylic acids is 1. The van der Waals surface area contributed by atoms with Crippen molar-refractivity contribution in [1.82, 2.24) is 10.2 Å². The Balaban J connectivity index is 1.46. The summed E-state index contributed by atoms with van der Waals surface area (Å²) in [6, 6.07) is 15.6. The maximum atomic E-state index is 11.8. The summed E-state index contributed by atoms with van der Waals surface area (Å²) in [5.74, 6) is -1.17. The summed E-state index contributed by atoms with van der Waals surface area (Å²) >= 11 is 0. The molecule has 0 aliphatic carbocycles. The largest absolute Gasteiger partial charge is 0.481 e. The molecule has 0 bridgehead atoms. The van der Waals surface area contributed by atoms with Crippen LogP contribution in [0.3, 0.4) is 0 Å². The number of carbonyl (C=O) groups excluding carboxylic acids is 1. The van der Waals surface area contributed by atoms with Gasteiger partial charge in [-0.15, -0.1) is 0 Å². The molecule has 9 nitrogen and oxygen atoms in total. The third-order valence-electron chi connectivity index (χ3n) is 6.97. The normalized spacial score (nSPS) is 24.5. The molecule has 200 valence electrons. The van der Waals surface area contributed by atoms with Gasteiger partial charge in [0.2, 0.25) is 5.91 Å². The number of hydrogen-bond donors (Lipinski definition) is 3. The fourth-order valence-electron chi connectivity index (χ4n) is 4.67. The van der Waals surface area contributed by atoms with Crippen molar-refractivity contribution in [2.24, 2.45) is 5.92 Å². The predicted octanol–water partition coefficient (Wildman–Crippen LogP) is 2.78. The van der Waals surface area contributed by atoms with Crippen LogP contribution < -0.4 is 5.32 Å². The van der Waals surface area contributed by atoms with Crippen molar-refractivity contribution in [3.8, 4) is 0 Å². The molecule has 37 heavy (non-hydrogen) atoms. The van der Waals surface area contributed by atoms with E-state index in [1.165, 1.54) is 0 Å². The number of ether oxygens (including phenoxy) is 3. The third-order valence-corrected chi connectivity index (χ3v) is 6.97. The van der Waals surface area contributed by atoms with Crippen LogP contribution in [-0.4, -0.2) is 65.9 Å². The summed E-state index contributed by atoms with van der Waals surface area (Å²) in [6.45, 7) is 6.46. The number of hydrogen-bond acceptors (Lipinski definition) is 7. The lowest BCUT2D eigenvalue weighted by Gasteiger charge is -2.43.